The van der Waals surface area contributed by atoms with Crippen LogP contribution in [0.15, 0.2) is 23.8 Å². The fraction of sp³-hybridized carbons (Fsp3) is 0.385. The zero-order chi connectivity index (χ0) is 11.4. The van der Waals surface area contributed by atoms with Gasteiger partial charge in [-0.15, -0.1) is 0 Å². The van der Waals surface area contributed by atoms with Crippen molar-refractivity contribution in [1.29, 1.82) is 0 Å². The molecule has 0 aliphatic carbocycles. The monoisotopic (exact) mass is 316 g/mol. The lowest BCUT2D eigenvalue weighted by atomic mass is 10.1. The summed E-state index contributed by atoms with van der Waals surface area (Å²) in [5.41, 5.74) is 3.96. The van der Waals surface area contributed by atoms with Gasteiger partial charge in [0.1, 0.15) is 5.75 Å². The summed E-state index contributed by atoms with van der Waals surface area (Å²) in [6.07, 6.45) is 3.26. The second kappa shape index (κ2) is 5.54. The molecule has 0 amide bonds. The van der Waals surface area contributed by atoms with E-state index in [9.17, 15) is 0 Å². The molecule has 0 saturated heterocycles. The topological polar surface area (TPSA) is 9.23 Å². The highest BCUT2D eigenvalue weighted by molar-refractivity contribution is 14.1. The molecule has 0 aliphatic heterocycles. The molecule has 0 heterocycles. The van der Waals surface area contributed by atoms with Crippen LogP contribution in [0.5, 0.6) is 5.75 Å². The van der Waals surface area contributed by atoms with E-state index in [4.69, 9.17) is 4.74 Å². The Morgan fingerprint density at radius 3 is 2.60 bits per heavy atom. The lowest BCUT2D eigenvalue weighted by Gasteiger charge is -2.10. The van der Waals surface area contributed by atoms with Gasteiger partial charge >= 0.3 is 0 Å². The molecule has 0 unspecified atom stereocenters. The number of hydrogen-bond donors (Lipinski definition) is 0. The summed E-state index contributed by atoms with van der Waals surface area (Å²) in [4.78, 5) is 0. The molecule has 0 bridgehead atoms. The third-order valence-electron chi connectivity index (χ3n) is 2.37. The van der Waals surface area contributed by atoms with E-state index < -0.39 is 0 Å². The SMILES string of the molecule is COc1ccc(CC=C(C)C)c(I)c1C. The van der Waals surface area contributed by atoms with Gasteiger partial charge in [-0.3, -0.25) is 0 Å². The minimum atomic E-state index is 0.973. The molecule has 0 fully saturated rings. The van der Waals surface area contributed by atoms with Gasteiger partial charge in [0.15, 0.2) is 0 Å². The van der Waals surface area contributed by atoms with Gasteiger partial charge in [0.05, 0.1) is 7.11 Å². The molecule has 15 heavy (non-hydrogen) atoms. The van der Waals surface area contributed by atoms with Crippen LogP contribution in [-0.2, 0) is 6.42 Å². The molecular weight excluding hydrogens is 299 g/mol. The Morgan fingerprint density at radius 2 is 2.07 bits per heavy atom. The summed E-state index contributed by atoms with van der Waals surface area (Å²) >= 11 is 2.39. The van der Waals surface area contributed by atoms with Gasteiger partial charge in [-0.25, -0.2) is 0 Å². The maximum atomic E-state index is 5.29. The van der Waals surface area contributed by atoms with Crippen molar-refractivity contribution in [3.05, 3.63) is 38.5 Å². The van der Waals surface area contributed by atoms with Crippen molar-refractivity contribution in [2.75, 3.05) is 7.11 Å². The minimum absolute atomic E-state index is 0.973. The van der Waals surface area contributed by atoms with Crippen molar-refractivity contribution in [3.63, 3.8) is 0 Å². The highest BCUT2D eigenvalue weighted by Crippen LogP contribution is 2.26. The smallest absolute Gasteiger partial charge is 0.122 e. The summed E-state index contributed by atoms with van der Waals surface area (Å²) < 4.78 is 6.60. The molecule has 2 heteroatoms. The first-order valence-corrected chi connectivity index (χ1v) is 6.09. The van der Waals surface area contributed by atoms with Crippen molar-refractivity contribution in [2.45, 2.75) is 27.2 Å². The summed E-state index contributed by atoms with van der Waals surface area (Å²) in [6.45, 7) is 6.36. The van der Waals surface area contributed by atoms with Gasteiger partial charge in [-0.05, 0) is 61.4 Å². The molecule has 0 N–H and O–H groups in total. The Hall–Kier alpha value is -0.510. The molecular formula is C13H17IO. The van der Waals surface area contributed by atoms with E-state index >= 15 is 0 Å². The van der Waals surface area contributed by atoms with Gasteiger partial charge in [0.2, 0.25) is 0 Å². The Kier molecular flexibility index (Phi) is 4.64. The third kappa shape index (κ3) is 3.23. The second-order valence-corrected chi connectivity index (χ2v) is 4.93. The maximum absolute atomic E-state index is 5.29. The predicted molar refractivity (Wildman–Crippen MR) is 73.6 cm³/mol. The highest BCUT2D eigenvalue weighted by atomic mass is 127. The number of halogens is 1. The largest absolute Gasteiger partial charge is 0.496 e. The number of hydrogen-bond acceptors (Lipinski definition) is 1. The maximum Gasteiger partial charge on any atom is 0.122 e. The second-order valence-electron chi connectivity index (χ2n) is 3.85. The fourth-order valence-corrected chi connectivity index (χ4v) is 2.08. The summed E-state index contributed by atoms with van der Waals surface area (Å²) in [5.74, 6) is 0.973. The van der Waals surface area contributed by atoms with Crippen LogP contribution in [0.4, 0.5) is 0 Å². The van der Waals surface area contributed by atoms with E-state index in [2.05, 4.69) is 55.5 Å². The van der Waals surface area contributed by atoms with Gasteiger partial charge in [-0.1, -0.05) is 17.7 Å². The van der Waals surface area contributed by atoms with E-state index in [1.165, 1.54) is 20.3 Å². The van der Waals surface area contributed by atoms with Crippen LogP contribution in [0.3, 0.4) is 0 Å². The Morgan fingerprint density at radius 1 is 1.40 bits per heavy atom. The molecule has 1 nitrogen and oxygen atoms in total. The number of rotatable bonds is 3. The van der Waals surface area contributed by atoms with Crippen molar-refractivity contribution >= 4 is 22.6 Å². The first-order chi connectivity index (χ1) is 7.06. The first-order valence-electron chi connectivity index (χ1n) is 5.01. The lowest BCUT2D eigenvalue weighted by molar-refractivity contribution is 0.411. The first kappa shape index (κ1) is 12.6. The summed E-state index contributed by atoms with van der Waals surface area (Å²) in [6, 6.07) is 4.19. The van der Waals surface area contributed by atoms with E-state index in [1.807, 2.05) is 6.07 Å². The number of ether oxygens (including phenoxy) is 1. The Labute approximate surface area is 106 Å². The highest BCUT2D eigenvalue weighted by Gasteiger charge is 2.06. The van der Waals surface area contributed by atoms with Crippen molar-refractivity contribution in [3.8, 4) is 5.75 Å². The molecule has 1 aromatic rings. The standard InChI is InChI=1S/C13H17IO/c1-9(2)5-6-11-7-8-12(15-4)10(3)13(11)14/h5,7-8H,6H2,1-4H3. The summed E-state index contributed by atoms with van der Waals surface area (Å²) in [5, 5.41) is 0. The average Bonchev–Trinajstić information content (AvgIpc) is 2.20. The molecule has 0 spiro atoms. The third-order valence-corrected chi connectivity index (χ3v) is 3.87. The van der Waals surface area contributed by atoms with Crippen molar-refractivity contribution in [2.24, 2.45) is 0 Å². The minimum Gasteiger partial charge on any atom is -0.496 e. The fourth-order valence-electron chi connectivity index (χ4n) is 1.42. The van der Waals surface area contributed by atoms with Crippen LogP contribution in [0, 0.1) is 10.5 Å². The Bertz CT molecular complexity index is 376. The normalized spacial score (nSPS) is 9.93. The number of methoxy groups -OCH3 is 1. The Balaban J connectivity index is 3.01. The molecule has 0 saturated carbocycles. The van der Waals surface area contributed by atoms with Crippen LogP contribution in [0.2, 0.25) is 0 Å². The molecule has 82 valence electrons. The van der Waals surface area contributed by atoms with Gasteiger partial charge < -0.3 is 4.74 Å². The van der Waals surface area contributed by atoms with E-state index in [0.717, 1.165) is 12.2 Å². The summed E-state index contributed by atoms with van der Waals surface area (Å²) in [7, 11) is 1.72. The van der Waals surface area contributed by atoms with E-state index in [1.54, 1.807) is 7.11 Å². The predicted octanol–water partition coefficient (Wildman–Crippen LogP) is 4.12. The number of allylic oxidation sites excluding steroid dienone is 2. The van der Waals surface area contributed by atoms with Crippen LogP contribution in [0.1, 0.15) is 25.0 Å². The van der Waals surface area contributed by atoms with Gasteiger partial charge in [0, 0.05) is 9.13 Å². The van der Waals surface area contributed by atoms with Crippen LogP contribution < -0.4 is 4.74 Å². The van der Waals surface area contributed by atoms with Crippen LogP contribution in [-0.4, -0.2) is 7.11 Å². The van der Waals surface area contributed by atoms with E-state index in [0.29, 0.717) is 0 Å². The van der Waals surface area contributed by atoms with Crippen LogP contribution >= 0.6 is 22.6 Å². The quantitative estimate of drug-likeness (QED) is 0.602. The van der Waals surface area contributed by atoms with Crippen molar-refractivity contribution < 1.29 is 4.74 Å². The molecule has 0 aromatic heterocycles. The molecule has 0 aliphatic rings. The molecule has 1 rings (SSSR count). The van der Waals surface area contributed by atoms with Gasteiger partial charge in [0.25, 0.3) is 0 Å². The molecule has 0 radical (unpaired) electrons. The van der Waals surface area contributed by atoms with Crippen molar-refractivity contribution in [1.82, 2.24) is 0 Å². The lowest BCUT2D eigenvalue weighted by Crippen LogP contribution is -1.95. The molecule has 0 atom stereocenters. The van der Waals surface area contributed by atoms with E-state index in [-0.39, 0.29) is 0 Å². The van der Waals surface area contributed by atoms with Gasteiger partial charge in [-0.2, -0.15) is 0 Å². The number of benzene rings is 1. The zero-order valence-electron chi connectivity index (χ0n) is 9.73. The zero-order valence-corrected chi connectivity index (χ0v) is 11.9. The van der Waals surface area contributed by atoms with Crippen LogP contribution in [0.25, 0.3) is 0 Å². The average molecular weight is 316 g/mol. The molecule has 1 aromatic carbocycles.